The van der Waals surface area contributed by atoms with E-state index in [2.05, 4.69) is 5.32 Å². The monoisotopic (exact) mass is 394 g/mol. The van der Waals surface area contributed by atoms with Crippen LogP contribution in [0.1, 0.15) is 52.6 Å². The summed E-state index contributed by atoms with van der Waals surface area (Å²) in [7, 11) is 0. The van der Waals surface area contributed by atoms with Gasteiger partial charge in [0.25, 0.3) is 17.7 Å². The predicted octanol–water partition coefficient (Wildman–Crippen LogP) is 3.72. The van der Waals surface area contributed by atoms with Crippen molar-refractivity contribution >= 4 is 23.4 Å². The number of imide groups is 1. The van der Waals surface area contributed by atoms with E-state index in [-0.39, 0.29) is 24.3 Å². The molecule has 0 radical (unpaired) electrons. The van der Waals surface area contributed by atoms with E-state index < -0.39 is 11.6 Å². The molecule has 29 heavy (non-hydrogen) atoms. The number of ether oxygens (including phenoxy) is 1. The predicted molar refractivity (Wildman–Crippen MR) is 111 cm³/mol. The highest BCUT2D eigenvalue weighted by atomic mass is 16.5. The summed E-state index contributed by atoms with van der Waals surface area (Å²) in [6.07, 6.45) is -0.746. The van der Waals surface area contributed by atoms with E-state index in [1.807, 2.05) is 32.0 Å². The lowest BCUT2D eigenvalue weighted by atomic mass is 10.0. The zero-order valence-corrected chi connectivity index (χ0v) is 17.4. The van der Waals surface area contributed by atoms with Gasteiger partial charge in [0.1, 0.15) is 6.10 Å². The van der Waals surface area contributed by atoms with Crippen molar-refractivity contribution in [1.82, 2.24) is 4.90 Å². The molecule has 0 bridgehead atoms. The number of fused-ring (bicyclic) bond motifs is 1. The van der Waals surface area contributed by atoms with E-state index in [0.717, 1.165) is 16.8 Å². The average molecular weight is 394 g/mol. The van der Waals surface area contributed by atoms with Crippen molar-refractivity contribution in [3.63, 3.8) is 0 Å². The first-order valence-corrected chi connectivity index (χ1v) is 9.60. The fourth-order valence-electron chi connectivity index (χ4n) is 3.33. The lowest BCUT2D eigenvalue weighted by Gasteiger charge is -2.34. The van der Waals surface area contributed by atoms with Gasteiger partial charge in [0.2, 0.25) is 0 Å². The number of benzene rings is 2. The summed E-state index contributed by atoms with van der Waals surface area (Å²) in [5.74, 6) is -0.963. The smallest absolute Gasteiger partial charge is 0.262 e. The van der Waals surface area contributed by atoms with Crippen molar-refractivity contribution < 1.29 is 19.1 Å². The van der Waals surface area contributed by atoms with Crippen LogP contribution in [0.25, 0.3) is 0 Å². The van der Waals surface area contributed by atoms with Crippen LogP contribution >= 0.6 is 0 Å². The molecule has 0 fully saturated rings. The number of aryl methyl sites for hydroxylation is 1. The van der Waals surface area contributed by atoms with Crippen LogP contribution < -0.4 is 5.32 Å². The second kappa shape index (κ2) is 7.79. The maximum atomic E-state index is 12.7. The molecule has 3 amide bonds. The Morgan fingerprint density at radius 1 is 1.03 bits per heavy atom. The zero-order chi connectivity index (χ0) is 21.3. The van der Waals surface area contributed by atoms with Crippen molar-refractivity contribution in [1.29, 1.82) is 0 Å². The highest BCUT2D eigenvalue weighted by molar-refractivity contribution is 6.21. The first kappa shape index (κ1) is 20.7. The minimum Gasteiger partial charge on any atom is -0.366 e. The van der Waals surface area contributed by atoms with Gasteiger partial charge in [0.05, 0.1) is 23.3 Å². The number of hydrogen-bond donors (Lipinski definition) is 1. The summed E-state index contributed by atoms with van der Waals surface area (Å²) >= 11 is 0. The fraction of sp³-hybridized carbons (Fsp3) is 0.348. The van der Waals surface area contributed by atoms with Crippen LogP contribution in [0.3, 0.4) is 0 Å². The molecule has 1 aliphatic heterocycles. The Balaban J connectivity index is 1.65. The molecule has 2 aromatic rings. The summed E-state index contributed by atoms with van der Waals surface area (Å²) in [6.45, 7) is 9.13. The summed E-state index contributed by atoms with van der Waals surface area (Å²) in [5, 5.41) is 2.88. The Hall–Kier alpha value is -2.99. The maximum absolute atomic E-state index is 12.7. The Morgan fingerprint density at radius 3 is 2.21 bits per heavy atom. The van der Waals surface area contributed by atoms with Crippen LogP contribution in [0.5, 0.6) is 0 Å². The second-order valence-corrected chi connectivity index (χ2v) is 7.99. The van der Waals surface area contributed by atoms with Gasteiger partial charge in [-0.1, -0.05) is 24.3 Å². The molecule has 0 aliphatic carbocycles. The number of carbonyl (C=O) groups excluding carboxylic acids is 3. The molecule has 1 heterocycles. The topological polar surface area (TPSA) is 75.7 Å². The molecule has 1 atom stereocenters. The standard InChI is InChI=1S/C23H26N2O4/c1-14-9-8-12-19(15(14)2)24-20(26)16(3)29-13-23(4,5)25-21(27)17-10-6-7-11-18(17)22(25)28/h6-12,16H,13H2,1-5H3,(H,24,26). The van der Waals surface area contributed by atoms with Crippen LogP contribution in [0, 0.1) is 13.8 Å². The molecule has 2 aromatic carbocycles. The molecule has 0 spiro atoms. The molecule has 6 nitrogen and oxygen atoms in total. The number of nitrogens with zero attached hydrogens (tertiary/aromatic N) is 1. The van der Waals surface area contributed by atoms with E-state index in [1.54, 1.807) is 45.0 Å². The Labute approximate surface area is 170 Å². The van der Waals surface area contributed by atoms with Crippen LogP contribution in [0.15, 0.2) is 42.5 Å². The van der Waals surface area contributed by atoms with Gasteiger partial charge in [-0.2, -0.15) is 0 Å². The van der Waals surface area contributed by atoms with Crippen molar-refractivity contribution in [3.8, 4) is 0 Å². The zero-order valence-electron chi connectivity index (χ0n) is 17.4. The van der Waals surface area contributed by atoms with Gasteiger partial charge in [0.15, 0.2) is 0 Å². The van der Waals surface area contributed by atoms with Gasteiger partial charge in [-0.25, -0.2) is 0 Å². The molecule has 152 valence electrons. The van der Waals surface area contributed by atoms with E-state index in [0.29, 0.717) is 11.1 Å². The summed E-state index contributed by atoms with van der Waals surface area (Å²) in [5.41, 5.74) is 2.71. The van der Waals surface area contributed by atoms with Gasteiger partial charge in [0, 0.05) is 5.69 Å². The molecule has 1 N–H and O–H groups in total. The molecular weight excluding hydrogens is 368 g/mol. The molecule has 0 saturated heterocycles. The fourth-order valence-corrected chi connectivity index (χ4v) is 3.33. The number of amides is 3. The summed E-state index contributed by atoms with van der Waals surface area (Å²) < 4.78 is 5.76. The maximum Gasteiger partial charge on any atom is 0.262 e. The molecule has 6 heteroatoms. The van der Waals surface area contributed by atoms with Crippen molar-refractivity contribution in [2.45, 2.75) is 46.3 Å². The van der Waals surface area contributed by atoms with Crippen LogP contribution in [0.2, 0.25) is 0 Å². The van der Waals surface area contributed by atoms with E-state index in [4.69, 9.17) is 4.74 Å². The van der Waals surface area contributed by atoms with E-state index in [1.165, 1.54) is 4.90 Å². The quantitative estimate of drug-likeness (QED) is 0.758. The van der Waals surface area contributed by atoms with Gasteiger partial charge in [-0.15, -0.1) is 0 Å². The van der Waals surface area contributed by atoms with Crippen molar-refractivity contribution in [2.24, 2.45) is 0 Å². The third-order valence-electron chi connectivity index (χ3n) is 5.32. The third kappa shape index (κ3) is 3.93. The third-order valence-corrected chi connectivity index (χ3v) is 5.32. The Morgan fingerprint density at radius 2 is 1.62 bits per heavy atom. The molecule has 3 rings (SSSR count). The number of rotatable bonds is 6. The highest BCUT2D eigenvalue weighted by Gasteiger charge is 2.44. The molecule has 1 aliphatic rings. The lowest BCUT2D eigenvalue weighted by Crippen LogP contribution is -2.51. The van der Waals surface area contributed by atoms with Crippen LogP contribution in [0.4, 0.5) is 5.69 Å². The first-order chi connectivity index (χ1) is 13.6. The SMILES string of the molecule is Cc1cccc(NC(=O)C(C)OCC(C)(C)N2C(=O)c3ccccc3C2=O)c1C. The largest absolute Gasteiger partial charge is 0.366 e. The first-order valence-electron chi connectivity index (χ1n) is 9.60. The van der Waals surface area contributed by atoms with Gasteiger partial charge < -0.3 is 10.1 Å². The molecule has 0 saturated carbocycles. The van der Waals surface area contributed by atoms with Gasteiger partial charge >= 0.3 is 0 Å². The lowest BCUT2D eigenvalue weighted by molar-refractivity contribution is -0.128. The molecule has 0 aromatic heterocycles. The van der Waals surface area contributed by atoms with Crippen molar-refractivity contribution in [2.75, 3.05) is 11.9 Å². The highest BCUT2D eigenvalue weighted by Crippen LogP contribution is 2.29. The van der Waals surface area contributed by atoms with E-state index >= 15 is 0 Å². The Bertz CT molecular complexity index is 946. The molecular formula is C23H26N2O4. The minimum atomic E-state index is -0.902. The number of anilines is 1. The number of hydrogen-bond acceptors (Lipinski definition) is 4. The normalized spacial score (nSPS) is 14.7. The second-order valence-electron chi connectivity index (χ2n) is 7.99. The van der Waals surface area contributed by atoms with Crippen LogP contribution in [-0.4, -0.2) is 40.9 Å². The number of carbonyl (C=O) groups is 3. The average Bonchev–Trinajstić information content (AvgIpc) is 2.95. The van der Waals surface area contributed by atoms with Gasteiger partial charge in [-0.05, 0) is 63.9 Å². The van der Waals surface area contributed by atoms with Crippen LogP contribution in [-0.2, 0) is 9.53 Å². The van der Waals surface area contributed by atoms with Gasteiger partial charge in [-0.3, -0.25) is 19.3 Å². The Kier molecular flexibility index (Phi) is 5.57. The summed E-state index contributed by atoms with van der Waals surface area (Å²) in [6, 6.07) is 12.5. The summed E-state index contributed by atoms with van der Waals surface area (Å²) in [4.78, 5) is 39.2. The number of nitrogens with one attached hydrogen (secondary N) is 1. The van der Waals surface area contributed by atoms with Crippen molar-refractivity contribution in [3.05, 3.63) is 64.7 Å². The molecule has 1 unspecified atom stereocenters. The van der Waals surface area contributed by atoms with E-state index in [9.17, 15) is 14.4 Å². The minimum absolute atomic E-state index is 0.0415.